The molecule has 0 aliphatic carbocycles. The van der Waals surface area contributed by atoms with Gasteiger partial charge in [-0.1, -0.05) is 41.5 Å². The number of halogens is 1. The average molecular weight is 431 g/mol. The second kappa shape index (κ2) is 8.36. The molecule has 1 aromatic heterocycles. The zero-order valence-electron chi connectivity index (χ0n) is 15.4. The van der Waals surface area contributed by atoms with Crippen LogP contribution in [-0.4, -0.2) is 11.6 Å². The fourth-order valence-corrected chi connectivity index (χ4v) is 2.15. The third-order valence-electron chi connectivity index (χ3n) is 4.01. The van der Waals surface area contributed by atoms with Gasteiger partial charge in [-0.25, -0.2) is 4.57 Å². The Bertz CT molecular complexity index is 508. The Kier molecular flexibility index (Phi) is 8.07. The Labute approximate surface area is 157 Å². The standard InChI is InChI=1S/C19H30NO2.HI/c1-18(2,3)16(21)12-15(13-17(22)19(4,5)6)14-8-10-20(7)11-9-14;/h8-11,15H,12-13H2,1-7H3;1H/q+1;/p-1. The molecule has 1 heterocycles. The minimum atomic E-state index is -0.373. The number of rotatable bonds is 5. The van der Waals surface area contributed by atoms with E-state index in [1.807, 2.05) is 77.7 Å². The first-order chi connectivity index (χ1) is 9.91. The zero-order valence-corrected chi connectivity index (χ0v) is 17.6. The molecule has 0 saturated heterocycles. The number of Topliss-reactive ketones (excluding diaryl/α,β-unsaturated/α-hetero) is 2. The van der Waals surface area contributed by atoms with E-state index < -0.39 is 0 Å². The number of pyridine rings is 1. The minimum Gasteiger partial charge on any atom is -1.00 e. The van der Waals surface area contributed by atoms with E-state index in [-0.39, 0.29) is 52.3 Å². The average Bonchev–Trinajstić information content (AvgIpc) is 2.36. The van der Waals surface area contributed by atoms with E-state index in [1.165, 1.54) is 0 Å². The molecule has 0 N–H and O–H groups in total. The second-order valence-corrected chi connectivity index (χ2v) is 8.25. The Morgan fingerprint density at radius 3 is 1.57 bits per heavy atom. The highest BCUT2D eigenvalue weighted by Gasteiger charge is 2.30. The van der Waals surface area contributed by atoms with Crippen molar-refractivity contribution < 1.29 is 38.1 Å². The molecule has 0 radical (unpaired) electrons. The number of carbonyl (C=O) groups excluding carboxylic acids is 2. The van der Waals surface area contributed by atoms with Crippen molar-refractivity contribution in [3.63, 3.8) is 0 Å². The van der Waals surface area contributed by atoms with Gasteiger partial charge in [0.15, 0.2) is 12.4 Å². The van der Waals surface area contributed by atoms with Crippen molar-refractivity contribution in [2.24, 2.45) is 17.9 Å². The fraction of sp³-hybridized carbons (Fsp3) is 0.632. The van der Waals surface area contributed by atoms with Gasteiger partial charge in [0.25, 0.3) is 0 Å². The smallest absolute Gasteiger partial charge is 0.168 e. The lowest BCUT2D eigenvalue weighted by Crippen LogP contribution is -3.00. The number of aryl methyl sites for hydroxylation is 1. The molecule has 1 rings (SSSR count). The maximum Gasteiger partial charge on any atom is 0.168 e. The largest absolute Gasteiger partial charge is 1.00 e. The quantitative estimate of drug-likeness (QED) is 0.506. The lowest BCUT2D eigenvalue weighted by molar-refractivity contribution is -0.671. The normalized spacial score (nSPS) is 12.0. The van der Waals surface area contributed by atoms with Crippen LogP contribution in [0.3, 0.4) is 0 Å². The van der Waals surface area contributed by atoms with Crippen molar-refractivity contribution in [3.8, 4) is 0 Å². The van der Waals surface area contributed by atoms with Crippen molar-refractivity contribution in [1.29, 1.82) is 0 Å². The number of hydrogen-bond donors (Lipinski definition) is 0. The summed E-state index contributed by atoms with van der Waals surface area (Å²) in [6.45, 7) is 11.6. The van der Waals surface area contributed by atoms with E-state index >= 15 is 0 Å². The minimum absolute atomic E-state index is 0. The summed E-state index contributed by atoms with van der Waals surface area (Å²) in [7, 11) is 1.96. The van der Waals surface area contributed by atoms with Crippen molar-refractivity contribution in [3.05, 3.63) is 30.1 Å². The summed E-state index contributed by atoms with van der Waals surface area (Å²) in [5.74, 6) is 0.361. The number of aromatic nitrogens is 1. The Morgan fingerprint density at radius 1 is 0.913 bits per heavy atom. The van der Waals surface area contributed by atoms with Gasteiger partial charge in [-0.3, -0.25) is 9.59 Å². The van der Waals surface area contributed by atoms with Gasteiger partial charge in [0.2, 0.25) is 0 Å². The zero-order chi connectivity index (χ0) is 17.1. The van der Waals surface area contributed by atoms with E-state index in [1.54, 1.807) is 0 Å². The predicted octanol–water partition coefficient (Wildman–Crippen LogP) is 0.609. The summed E-state index contributed by atoms with van der Waals surface area (Å²) >= 11 is 0. The molecule has 3 nitrogen and oxygen atoms in total. The van der Waals surface area contributed by atoms with Crippen LogP contribution in [0.4, 0.5) is 0 Å². The summed E-state index contributed by atoms with van der Waals surface area (Å²) in [5, 5.41) is 0. The van der Waals surface area contributed by atoms with Gasteiger partial charge in [0, 0.05) is 35.8 Å². The van der Waals surface area contributed by atoms with Crippen LogP contribution in [-0.2, 0) is 16.6 Å². The van der Waals surface area contributed by atoms with Crippen LogP contribution in [0.25, 0.3) is 0 Å². The highest BCUT2D eigenvalue weighted by atomic mass is 127. The molecule has 23 heavy (non-hydrogen) atoms. The molecule has 0 atom stereocenters. The Hall–Kier alpha value is -0.780. The van der Waals surface area contributed by atoms with E-state index in [2.05, 4.69) is 0 Å². The molecule has 0 saturated carbocycles. The lowest BCUT2D eigenvalue weighted by Gasteiger charge is -2.24. The van der Waals surface area contributed by atoms with Crippen LogP contribution in [0.15, 0.2) is 24.5 Å². The van der Waals surface area contributed by atoms with E-state index in [0.717, 1.165) is 5.56 Å². The topological polar surface area (TPSA) is 38.0 Å². The van der Waals surface area contributed by atoms with Gasteiger partial charge in [-0.05, 0) is 11.5 Å². The van der Waals surface area contributed by atoms with Crippen LogP contribution in [0.5, 0.6) is 0 Å². The molecule has 0 fully saturated rings. The molecule has 0 unspecified atom stereocenters. The molecule has 0 aliphatic rings. The van der Waals surface area contributed by atoms with Gasteiger partial charge < -0.3 is 24.0 Å². The van der Waals surface area contributed by atoms with Crippen LogP contribution in [0.1, 0.15) is 65.9 Å². The van der Waals surface area contributed by atoms with Crippen molar-refractivity contribution in [2.75, 3.05) is 0 Å². The number of nitrogens with zero attached hydrogens (tertiary/aromatic N) is 1. The molecule has 0 aromatic carbocycles. The molecule has 130 valence electrons. The maximum atomic E-state index is 12.4. The van der Waals surface area contributed by atoms with Gasteiger partial charge in [-0.15, -0.1) is 0 Å². The van der Waals surface area contributed by atoms with E-state index in [4.69, 9.17) is 0 Å². The van der Waals surface area contributed by atoms with Crippen molar-refractivity contribution >= 4 is 11.6 Å². The summed E-state index contributed by atoms with van der Waals surface area (Å²) in [5.41, 5.74) is 0.318. The van der Waals surface area contributed by atoms with E-state index in [9.17, 15) is 9.59 Å². The van der Waals surface area contributed by atoms with Crippen LogP contribution >= 0.6 is 0 Å². The third kappa shape index (κ3) is 7.10. The first-order valence-electron chi connectivity index (χ1n) is 7.93. The van der Waals surface area contributed by atoms with Crippen LogP contribution < -0.4 is 28.5 Å². The number of carbonyl (C=O) groups is 2. The predicted molar refractivity (Wildman–Crippen MR) is 88.5 cm³/mol. The molecule has 4 heteroatoms. The van der Waals surface area contributed by atoms with Crippen molar-refractivity contribution in [1.82, 2.24) is 0 Å². The maximum absolute atomic E-state index is 12.4. The van der Waals surface area contributed by atoms with Crippen LogP contribution in [0.2, 0.25) is 0 Å². The molecular formula is C19H30INO2. The second-order valence-electron chi connectivity index (χ2n) is 8.25. The molecule has 0 aliphatic heterocycles. The van der Waals surface area contributed by atoms with Gasteiger partial charge in [-0.2, -0.15) is 0 Å². The molecule has 0 bridgehead atoms. The monoisotopic (exact) mass is 431 g/mol. The highest BCUT2D eigenvalue weighted by molar-refractivity contribution is 5.87. The number of hydrogen-bond acceptors (Lipinski definition) is 2. The summed E-state index contributed by atoms with van der Waals surface area (Å²) in [4.78, 5) is 24.9. The third-order valence-corrected chi connectivity index (χ3v) is 4.01. The van der Waals surface area contributed by atoms with Gasteiger partial charge >= 0.3 is 0 Å². The summed E-state index contributed by atoms with van der Waals surface area (Å²) < 4.78 is 1.96. The fourth-order valence-electron chi connectivity index (χ4n) is 2.15. The molecule has 0 spiro atoms. The highest BCUT2D eigenvalue weighted by Crippen LogP contribution is 2.31. The first-order valence-corrected chi connectivity index (χ1v) is 7.93. The lowest BCUT2D eigenvalue weighted by atomic mass is 9.78. The summed E-state index contributed by atoms with van der Waals surface area (Å²) in [6, 6.07) is 4.02. The molecular weight excluding hydrogens is 401 g/mol. The molecule has 1 aromatic rings. The van der Waals surface area contributed by atoms with Gasteiger partial charge in [0.05, 0.1) is 0 Å². The summed E-state index contributed by atoms with van der Waals surface area (Å²) in [6.07, 6.45) is 4.76. The number of ketones is 2. The van der Waals surface area contributed by atoms with Crippen molar-refractivity contribution in [2.45, 2.75) is 60.3 Å². The SMILES string of the molecule is C[n+]1ccc(C(CC(=O)C(C)(C)C)CC(=O)C(C)(C)C)cc1.[I-]. The van der Waals surface area contributed by atoms with Gasteiger partial charge in [0.1, 0.15) is 18.6 Å². The first kappa shape index (κ1) is 22.2. The molecule has 0 amide bonds. The van der Waals surface area contributed by atoms with Crippen LogP contribution in [0, 0.1) is 10.8 Å². The Morgan fingerprint density at radius 2 is 1.26 bits per heavy atom. The Balaban J connectivity index is 0.00000484. The van der Waals surface area contributed by atoms with E-state index in [0.29, 0.717) is 12.8 Å².